The lowest BCUT2D eigenvalue weighted by molar-refractivity contribution is -0.757. The Bertz CT molecular complexity index is 512. The Morgan fingerprint density at radius 3 is 2.31 bits per heavy atom. The van der Waals surface area contributed by atoms with Crippen molar-refractivity contribution < 1.29 is 24.5 Å². The van der Waals surface area contributed by atoms with Gasteiger partial charge in [-0.25, -0.2) is 0 Å². The Morgan fingerprint density at radius 2 is 1.69 bits per heavy atom. The lowest BCUT2D eigenvalue weighted by Crippen LogP contribution is -2.35. The molecule has 8 nitrogen and oxygen atoms in total. The molecule has 0 aliphatic heterocycles. The third-order valence-electron chi connectivity index (χ3n) is 3.54. The van der Waals surface area contributed by atoms with Gasteiger partial charge in [-0.3, -0.25) is 0 Å². The van der Waals surface area contributed by atoms with Crippen LogP contribution in [0.3, 0.4) is 0 Å². The van der Waals surface area contributed by atoms with Crippen LogP contribution >= 0.6 is 0 Å². The minimum absolute atomic E-state index is 0.137. The molecule has 1 atom stereocenters. The molecule has 0 aliphatic rings. The fourth-order valence-electron chi connectivity index (χ4n) is 2.18. The molecule has 0 aliphatic carbocycles. The van der Waals surface area contributed by atoms with Gasteiger partial charge in [0.05, 0.1) is 13.2 Å². The first-order valence-electron chi connectivity index (χ1n) is 9.02. The number of ether oxygens (including phenoxy) is 2. The van der Waals surface area contributed by atoms with Gasteiger partial charge >= 0.3 is 0 Å². The largest absolute Gasteiger partial charge is 0.490 e. The second-order valence-electron chi connectivity index (χ2n) is 6.29. The van der Waals surface area contributed by atoms with Crippen molar-refractivity contribution in [3.8, 4) is 11.5 Å². The van der Waals surface area contributed by atoms with Crippen molar-refractivity contribution in [3.05, 3.63) is 34.4 Å². The van der Waals surface area contributed by atoms with Crippen LogP contribution in [-0.2, 0) is 4.84 Å². The highest BCUT2D eigenvalue weighted by atomic mass is 16.9. The van der Waals surface area contributed by atoms with Crippen molar-refractivity contribution >= 4 is 0 Å². The molecule has 0 radical (unpaired) electrons. The van der Waals surface area contributed by atoms with Crippen LogP contribution in [0.2, 0.25) is 0 Å². The Hall–Kier alpha value is -2.06. The number of benzene rings is 1. The third kappa shape index (κ3) is 10.7. The minimum atomic E-state index is -0.768. The summed E-state index contributed by atoms with van der Waals surface area (Å²) in [6, 6.07) is 7.68. The first-order chi connectivity index (χ1) is 12.5. The Balaban J connectivity index is 2.23. The molecule has 0 bridgehead atoms. The fourth-order valence-corrected chi connectivity index (χ4v) is 2.18. The monoisotopic (exact) mass is 370 g/mol. The molecule has 8 heteroatoms. The first kappa shape index (κ1) is 22.0. The van der Waals surface area contributed by atoms with Crippen LogP contribution in [0.5, 0.6) is 11.5 Å². The van der Waals surface area contributed by atoms with E-state index < -0.39 is 11.2 Å². The van der Waals surface area contributed by atoms with Crippen molar-refractivity contribution in [2.45, 2.75) is 51.7 Å². The molecule has 1 aromatic carbocycles. The summed E-state index contributed by atoms with van der Waals surface area (Å²) in [5, 5.41) is 22.3. The molecule has 0 spiro atoms. The topological polar surface area (TPSA) is 103 Å². The van der Waals surface area contributed by atoms with E-state index in [2.05, 4.69) is 10.2 Å². The van der Waals surface area contributed by atoms with Gasteiger partial charge in [0.1, 0.15) is 12.7 Å². The highest BCUT2D eigenvalue weighted by Gasteiger charge is 2.09. The van der Waals surface area contributed by atoms with Gasteiger partial charge in [-0.15, -0.1) is 10.1 Å². The van der Waals surface area contributed by atoms with Crippen LogP contribution in [0.1, 0.15) is 39.5 Å². The predicted octanol–water partition coefficient (Wildman–Crippen LogP) is 2.57. The Morgan fingerprint density at radius 1 is 1.08 bits per heavy atom. The van der Waals surface area contributed by atoms with Gasteiger partial charge in [0.15, 0.2) is 11.5 Å². The number of nitrogens with one attached hydrogen (secondary N) is 1. The van der Waals surface area contributed by atoms with Crippen LogP contribution in [-0.4, -0.2) is 48.7 Å². The summed E-state index contributed by atoms with van der Waals surface area (Å²) < 4.78 is 11.4. The summed E-state index contributed by atoms with van der Waals surface area (Å²) in [6.45, 7) is 5.38. The number of unbranched alkanes of at least 4 members (excludes halogenated alkanes) is 3. The summed E-state index contributed by atoms with van der Waals surface area (Å²) in [5.41, 5.74) is 0. The molecule has 0 saturated carbocycles. The number of hydrogen-bond donors (Lipinski definition) is 2. The van der Waals surface area contributed by atoms with E-state index in [1.165, 1.54) is 0 Å². The van der Waals surface area contributed by atoms with E-state index in [0.717, 1.165) is 19.3 Å². The summed E-state index contributed by atoms with van der Waals surface area (Å²) in [6.07, 6.45) is 2.66. The van der Waals surface area contributed by atoms with Gasteiger partial charge in [0, 0.05) is 12.6 Å². The van der Waals surface area contributed by atoms with Crippen molar-refractivity contribution in [1.82, 2.24) is 5.32 Å². The minimum Gasteiger partial charge on any atom is -0.490 e. The Labute approximate surface area is 154 Å². The van der Waals surface area contributed by atoms with E-state index >= 15 is 0 Å². The summed E-state index contributed by atoms with van der Waals surface area (Å²) in [5.74, 6) is 1.25. The molecule has 26 heavy (non-hydrogen) atoms. The van der Waals surface area contributed by atoms with Crippen LogP contribution < -0.4 is 14.8 Å². The molecule has 0 saturated heterocycles. The molecule has 1 unspecified atom stereocenters. The summed E-state index contributed by atoms with van der Waals surface area (Å²) >= 11 is 0. The quantitative estimate of drug-likeness (QED) is 0.278. The number of rotatable bonds is 15. The fraction of sp³-hybridized carbons (Fsp3) is 0.667. The molecule has 0 heterocycles. The molecular weight excluding hydrogens is 340 g/mol. The molecule has 0 fully saturated rings. The number of hydrogen-bond acceptors (Lipinski definition) is 7. The van der Waals surface area contributed by atoms with Crippen molar-refractivity contribution in [3.63, 3.8) is 0 Å². The zero-order valence-corrected chi connectivity index (χ0v) is 15.6. The zero-order valence-electron chi connectivity index (χ0n) is 15.6. The highest BCUT2D eigenvalue weighted by Crippen LogP contribution is 2.26. The average Bonchev–Trinajstić information content (AvgIpc) is 2.61. The maximum absolute atomic E-state index is 10.0. The van der Waals surface area contributed by atoms with Gasteiger partial charge in [-0.05, 0) is 25.0 Å². The lowest BCUT2D eigenvalue weighted by atomic mass is 10.2. The Kier molecular flexibility index (Phi) is 11.1. The van der Waals surface area contributed by atoms with Gasteiger partial charge < -0.3 is 24.7 Å². The zero-order chi connectivity index (χ0) is 19.2. The number of nitrogens with zero attached hydrogens (tertiary/aromatic N) is 1. The van der Waals surface area contributed by atoms with Crippen LogP contribution in [0.15, 0.2) is 24.3 Å². The van der Waals surface area contributed by atoms with Crippen molar-refractivity contribution in [2.75, 3.05) is 26.4 Å². The SMILES string of the molecule is CC(C)NCC(O)COc1ccccc1OCCCCCCO[N+](=O)[O-]. The van der Waals surface area contributed by atoms with Gasteiger partial charge in [0.25, 0.3) is 5.09 Å². The average molecular weight is 370 g/mol. The third-order valence-corrected chi connectivity index (χ3v) is 3.54. The maximum Gasteiger partial charge on any atom is 0.294 e. The molecule has 1 rings (SSSR count). The van der Waals surface area contributed by atoms with E-state index in [1.807, 2.05) is 38.1 Å². The normalized spacial score (nSPS) is 12.0. The van der Waals surface area contributed by atoms with E-state index in [1.54, 1.807) is 0 Å². The lowest BCUT2D eigenvalue weighted by Gasteiger charge is -2.17. The van der Waals surface area contributed by atoms with E-state index in [-0.39, 0.29) is 13.2 Å². The van der Waals surface area contributed by atoms with Gasteiger partial charge in [0.2, 0.25) is 0 Å². The van der Waals surface area contributed by atoms with Crippen molar-refractivity contribution in [2.24, 2.45) is 0 Å². The maximum atomic E-state index is 10.0. The second-order valence-corrected chi connectivity index (χ2v) is 6.29. The van der Waals surface area contributed by atoms with Crippen LogP contribution in [0.4, 0.5) is 0 Å². The predicted molar refractivity (Wildman–Crippen MR) is 98.0 cm³/mol. The van der Waals surface area contributed by atoms with Crippen LogP contribution in [0.25, 0.3) is 0 Å². The van der Waals surface area contributed by atoms with Crippen LogP contribution in [0, 0.1) is 10.1 Å². The first-order valence-corrected chi connectivity index (χ1v) is 9.02. The standard InChI is InChI=1S/C18H30N2O6/c1-15(2)19-13-16(21)14-25-18-10-6-5-9-17(18)24-11-7-3-4-8-12-26-20(22)23/h5-6,9-10,15-16,19,21H,3-4,7-8,11-14H2,1-2H3. The molecule has 0 amide bonds. The second kappa shape index (κ2) is 13.2. The number of para-hydroxylation sites is 2. The molecule has 2 N–H and O–H groups in total. The number of aliphatic hydroxyl groups is 1. The highest BCUT2D eigenvalue weighted by molar-refractivity contribution is 5.39. The summed E-state index contributed by atoms with van der Waals surface area (Å²) in [4.78, 5) is 14.3. The molecular formula is C18H30N2O6. The summed E-state index contributed by atoms with van der Waals surface area (Å²) in [7, 11) is 0. The van der Waals surface area contributed by atoms with E-state index in [4.69, 9.17) is 9.47 Å². The molecule has 148 valence electrons. The number of aliphatic hydroxyl groups excluding tert-OH is 1. The van der Waals surface area contributed by atoms with E-state index in [9.17, 15) is 15.2 Å². The smallest absolute Gasteiger partial charge is 0.294 e. The van der Waals surface area contributed by atoms with Gasteiger partial charge in [-0.1, -0.05) is 38.8 Å². The molecule has 1 aromatic rings. The van der Waals surface area contributed by atoms with Gasteiger partial charge in [-0.2, -0.15) is 0 Å². The van der Waals surface area contributed by atoms with E-state index in [0.29, 0.717) is 37.1 Å². The van der Waals surface area contributed by atoms with Crippen molar-refractivity contribution in [1.29, 1.82) is 0 Å². The molecule has 0 aromatic heterocycles.